The van der Waals surface area contributed by atoms with E-state index in [0.717, 1.165) is 10.7 Å². The summed E-state index contributed by atoms with van der Waals surface area (Å²) >= 11 is 0. The molecule has 23 heavy (non-hydrogen) atoms. The van der Waals surface area contributed by atoms with Crippen LogP contribution in [0.2, 0.25) is 0 Å². The van der Waals surface area contributed by atoms with Crippen molar-refractivity contribution in [3.05, 3.63) is 35.9 Å². The Kier molecular flexibility index (Phi) is 5.47. The number of likely N-dealkylation sites (tertiary alicyclic amines) is 1. The Bertz CT molecular complexity index is 645. The predicted molar refractivity (Wildman–Crippen MR) is 91.7 cm³/mol. The molecule has 0 unspecified atom stereocenters. The molecule has 0 aromatic heterocycles. The van der Waals surface area contributed by atoms with Crippen LogP contribution >= 0.6 is 0 Å². The third-order valence-electron chi connectivity index (χ3n) is 4.80. The van der Waals surface area contributed by atoms with Gasteiger partial charge in [-0.2, -0.15) is 4.31 Å². The van der Waals surface area contributed by atoms with Crippen LogP contribution in [0, 0.1) is 0 Å². The van der Waals surface area contributed by atoms with Gasteiger partial charge in [-0.1, -0.05) is 30.3 Å². The number of benzene rings is 1. The van der Waals surface area contributed by atoms with E-state index in [2.05, 4.69) is 12.1 Å². The maximum Gasteiger partial charge on any atom is 0.238 e. The van der Waals surface area contributed by atoms with E-state index < -0.39 is 10.0 Å². The van der Waals surface area contributed by atoms with E-state index in [4.69, 9.17) is 0 Å². The number of nitrogens with zero attached hydrogens (tertiary/aromatic N) is 2. The second-order valence-electron chi connectivity index (χ2n) is 6.30. The van der Waals surface area contributed by atoms with Crippen molar-refractivity contribution < 1.29 is 13.2 Å². The molecule has 1 saturated heterocycles. The van der Waals surface area contributed by atoms with Gasteiger partial charge in [0.05, 0.1) is 12.3 Å². The van der Waals surface area contributed by atoms with Gasteiger partial charge in [0.2, 0.25) is 15.9 Å². The Morgan fingerprint density at radius 1 is 1.26 bits per heavy atom. The zero-order valence-electron chi connectivity index (χ0n) is 14.3. The predicted octanol–water partition coefficient (Wildman–Crippen LogP) is 2.06. The molecule has 1 fully saturated rings. The Morgan fingerprint density at radius 3 is 2.43 bits per heavy atom. The Morgan fingerprint density at radius 2 is 1.87 bits per heavy atom. The van der Waals surface area contributed by atoms with Crippen LogP contribution in [-0.4, -0.2) is 55.0 Å². The lowest BCUT2D eigenvalue weighted by Crippen LogP contribution is -2.46. The molecule has 0 N–H and O–H groups in total. The third-order valence-corrected chi connectivity index (χ3v) is 6.61. The van der Waals surface area contributed by atoms with Gasteiger partial charge in [0.1, 0.15) is 0 Å². The van der Waals surface area contributed by atoms with Gasteiger partial charge in [-0.25, -0.2) is 8.42 Å². The molecule has 1 aliphatic heterocycles. The SMILES string of the molecule is CCS(=O)(=O)N(C)CC(=O)N1[C@H](C)C[C@H](c2ccccc2)[C@H]1C. The lowest BCUT2D eigenvalue weighted by molar-refractivity contribution is -0.133. The van der Waals surface area contributed by atoms with Crippen LogP contribution in [0.15, 0.2) is 30.3 Å². The van der Waals surface area contributed by atoms with Crippen LogP contribution in [0.25, 0.3) is 0 Å². The summed E-state index contributed by atoms with van der Waals surface area (Å²) in [4.78, 5) is 14.5. The molecule has 0 spiro atoms. The monoisotopic (exact) mass is 338 g/mol. The molecule has 2 rings (SSSR count). The first-order valence-corrected chi connectivity index (χ1v) is 9.69. The Balaban J connectivity index is 2.12. The summed E-state index contributed by atoms with van der Waals surface area (Å²) in [6.07, 6.45) is 0.904. The number of carbonyl (C=O) groups excluding carboxylic acids is 1. The highest BCUT2D eigenvalue weighted by molar-refractivity contribution is 7.89. The fourth-order valence-corrected chi connectivity index (χ4v) is 4.20. The summed E-state index contributed by atoms with van der Waals surface area (Å²) in [6.45, 7) is 5.58. The minimum Gasteiger partial charge on any atom is -0.336 e. The van der Waals surface area contributed by atoms with Gasteiger partial charge < -0.3 is 4.90 Å². The van der Waals surface area contributed by atoms with Crippen LogP contribution in [0.4, 0.5) is 0 Å². The summed E-state index contributed by atoms with van der Waals surface area (Å²) in [5, 5.41) is 0. The van der Waals surface area contributed by atoms with Gasteiger partial charge in [0.25, 0.3) is 0 Å². The maximum atomic E-state index is 12.6. The minimum atomic E-state index is -3.34. The molecule has 0 saturated carbocycles. The lowest BCUT2D eigenvalue weighted by atomic mass is 9.92. The second-order valence-corrected chi connectivity index (χ2v) is 8.66. The van der Waals surface area contributed by atoms with Crippen molar-refractivity contribution in [2.75, 3.05) is 19.3 Å². The van der Waals surface area contributed by atoms with Gasteiger partial charge in [0.15, 0.2) is 0 Å². The topological polar surface area (TPSA) is 57.7 Å². The van der Waals surface area contributed by atoms with Gasteiger partial charge >= 0.3 is 0 Å². The first kappa shape index (κ1) is 17.9. The van der Waals surface area contributed by atoms with Gasteiger partial charge in [-0.3, -0.25) is 4.79 Å². The molecule has 1 aromatic rings. The number of amides is 1. The summed E-state index contributed by atoms with van der Waals surface area (Å²) in [7, 11) is -1.87. The molecule has 3 atom stereocenters. The Labute approximate surface area is 139 Å². The maximum absolute atomic E-state index is 12.6. The van der Waals surface area contributed by atoms with E-state index in [1.54, 1.807) is 6.92 Å². The fourth-order valence-electron chi connectivity index (χ4n) is 3.45. The largest absolute Gasteiger partial charge is 0.336 e. The fraction of sp³-hybridized carbons (Fsp3) is 0.588. The molecule has 1 heterocycles. The molecule has 5 nitrogen and oxygen atoms in total. The van der Waals surface area contributed by atoms with Crippen LogP contribution in [0.5, 0.6) is 0 Å². The van der Waals surface area contributed by atoms with E-state index in [1.165, 1.54) is 12.6 Å². The number of hydrogen-bond acceptors (Lipinski definition) is 3. The number of sulfonamides is 1. The number of rotatable bonds is 5. The zero-order valence-corrected chi connectivity index (χ0v) is 15.1. The molecule has 128 valence electrons. The van der Waals surface area contributed by atoms with Crippen molar-refractivity contribution in [2.24, 2.45) is 0 Å². The summed E-state index contributed by atoms with van der Waals surface area (Å²) in [5.41, 5.74) is 1.23. The van der Waals surface area contributed by atoms with Gasteiger partial charge in [0, 0.05) is 25.0 Å². The number of carbonyl (C=O) groups is 1. The number of hydrogen-bond donors (Lipinski definition) is 0. The highest BCUT2D eigenvalue weighted by atomic mass is 32.2. The average Bonchev–Trinajstić information content (AvgIpc) is 2.82. The molecule has 1 aromatic carbocycles. The molecule has 1 aliphatic rings. The van der Waals surface area contributed by atoms with Crippen molar-refractivity contribution >= 4 is 15.9 Å². The molecule has 6 heteroatoms. The summed E-state index contributed by atoms with van der Waals surface area (Å²) in [6, 6.07) is 10.4. The van der Waals surface area contributed by atoms with E-state index in [0.29, 0.717) is 5.92 Å². The van der Waals surface area contributed by atoms with E-state index >= 15 is 0 Å². The molecule has 1 amide bonds. The van der Waals surface area contributed by atoms with Crippen molar-refractivity contribution in [1.82, 2.24) is 9.21 Å². The minimum absolute atomic E-state index is 0.00846. The van der Waals surface area contributed by atoms with Crippen molar-refractivity contribution in [3.63, 3.8) is 0 Å². The molecule has 0 radical (unpaired) electrons. The van der Waals surface area contributed by atoms with Crippen LogP contribution in [0.1, 0.15) is 38.7 Å². The highest BCUT2D eigenvalue weighted by Crippen LogP contribution is 2.37. The van der Waals surface area contributed by atoms with Gasteiger partial charge in [-0.05, 0) is 32.8 Å². The molecular formula is C17H26N2O3S. The normalized spacial score (nSPS) is 25.1. The highest BCUT2D eigenvalue weighted by Gasteiger charge is 2.40. The molecule has 0 bridgehead atoms. The van der Waals surface area contributed by atoms with E-state index in [-0.39, 0.29) is 30.3 Å². The van der Waals surface area contributed by atoms with Crippen molar-refractivity contribution in [3.8, 4) is 0 Å². The average molecular weight is 338 g/mol. The van der Waals surface area contributed by atoms with Crippen LogP contribution < -0.4 is 0 Å². The summed E-state index contributed by atoms with van der Waals surface area (Å²) in [5.74, 6) is 0.181. The Hall–Kier alpha value is -1.40. The van der Waals surface area contributed by atoms with Crippen LogP contribution in [-0.2, 0) is 14.8 Å². The first-order valence-electron chi connectivity index (χ1n) is 8.08. The third kappa shape index (κ3) is 3.75. The van der Waals surface area contributed by atoms with E-state index in [9.17, 15) is 13.2 Å². The van der Waals surface area contributed by atoms with E-state index in [1.807, 2.05) is 36.9 Å². The molecule has 0 aliphatic carbocycles. The lowest BCUT2D eigenvalue weighted by Gasteiger charge is -2.29. The smallest absolute Gasteiger partial charge is 0.238 e. The van der Waals surface area contributed by atoms with Gasteiger partial charge in [-0.15, -0.1) is 0 Å². The standard InChI is InChI=1S/C17H26N2O3S/c1-5-23(21,22)18(4)12-17(20)19-13(2)11-16(14(19)3)15-9-7-6-8-10-15/h6-10,13-14,16H,5,11-12H2,1-4H3/t13-,14-,16+/m1/s1. The first-order chi connectivity index (χ1) is 10.8. The quantitative estimate of drug-likeness (QED) is 0.826. The summed E-state index contributed by atoms with van der Waals surface area (Å²) < 4.78 is 24.9. The van der Waals surface area contributed by atoms with Crippen molar-refractivity contribution in [1.29, 1.82) is 0 Å². The van der Waals surface area contributed by atoms with Crippen molar-refractivity contribution in [2.45, 2.75) is 45.2 Å². The second kappa shape index (κ2) is 7.01. The number of likely N-dealkylation sites (N-methyl/N-ethyl adjacent to an activating group) is 1. The molecular weight excluding hydrogens is 312 g/mol. The van der Waals surface area contributed by atoms with Crippen LogP contribution in [0.3, 0.4) is 0 Å². The zero-order chi connectivity index (χ0) is 17.2.